The topological polar surface area (TPSA) is 97.0 Å². The summed E-state index contributed by atoms with van der Waals surface area (Å²) in [6.07, 6.45) is 1.87. The van der Waals surface area contributed by atoms with E-state index in [9.17, 15) is 14.4 Å². The second-order valence-corrected chi connectivity index (χ2v) is 8.51. The zero-order chi connectivity index (χ0) is 22.7. The van der Waals surface area contributed by atoms with E-state index < -0.39 is 17.5 Å². The molecular weight excluding hydrogens is 410 g/mol. The van der Waals surface area contributed by atoms with Crippen molar-refractivity contribution in [2.45, 2.75) is 44.7 Å². The largest absolute Gasteiger partial charge is 0.454 e. The van der Waals surface area contributed by atoms with Crippen molar-refractivity contribution in [2.24, 2.45) is 0 Å². The maximum atomic E-state index is 13.0. The molecule has 0 spiro atoms. The zero-order valence-corrected chi connectivity index (χ0v) is 18.2. The van der Waals surface area contributed by atoms with E-state index in [2.05, 4.69) is 10.6 Å². The van der Waals surface area contributed by atoms with Crippen LogP contribution in [0.4, 0.5) is 4.79 Å². The summed E-state index contributed by atoms with van der Waals surface area (Å²) in [5.41, 5.74) is 0.887. The summed E-state index contributed by atoms with van der Waals surface area (Å²) in [5.74, 6) is 0.484. The lowest BCUT2D eigenvalue weighted by atomic mass is 9.92. The van der Waals surface area contributed by atoms with E-state index in [1.807, 2.05) is 43.3 Å². The summed E-state index contributed by atoms with van der Waals surface area (Å²) in [6, 6.07) is 14.8. The van der Waals surface area contributed by atoms with Crippen molar-refractivity contribution in [3.05, 3.63) is 59.7 Å². The number of ether oxygens (including phenoxy) is 2. The number of aryl methyl sites for hydroxylation is 1. The molecule has 2 aromatic carbocycles. The van der Waals surface area contributed by atoms with Gasteiger partial charge in [0.15, 0.2) is 11.5 Å². The predicted molar refractivity (Wildman–Crippen MR) is 117 cm³/mol. The first-order valence-electron chi connectivity index (χ1n) is 10.7. The molecule has 4 amide bonds. The number of imide groups is 1. The molecule has 4 rings (SSSR count). The predicted octanol–water partition coefficient (Wildman–Crippen LogP) is 2.41. The van der Waals surface area contributed by atoms with Gasteiger partial charge >= 0.3 is 6.03 Å². The first-order chi connectivity index (χ1) is 15.3. The lowest BCUT2D eigenvalue weighted by molar-refractivity contribution is -0.134. The van der Waals surface area contributed by atoms with Gasteiger partial charge in [0.1, 0.15) is 12.1 Å². The molecule has 0 aromatic heterocycles. The Morgan fingerprint density at radius 1 is 1.12 bits per heavy atom. The van der Waals surface area contributed by atoms with Gasteiger partial charge in [0, 0.05) is 12.5 Å². The molecule has 2 atom stereocenters. The fourth-order valence-corrected chi connectivity index (χ4v) is 4.03. The van der Waals surface area contributed by atoms with Gasteiger partial charge in [-0.3, -0.25) is 14.5 Å². The quantitative estimate of drug-likeness (QED) is 0.618. The average molecular weight is 437 g/mol. The molecule has 0 saturated carbocycles. The summed E-state index contributed by atoms with van der Waals surface area (Å²) >= 11 is 0. The van der Waals surface area contributed by atoms with E-state index in [1.54, 1.807) is 19.1 Å². The molecule has 0 bridgehead atoms. The third-order valence-electron chi connectivity index (χ3n) is 5.76. The van der Waals surface area contributed by atoms with Crippen LogP contribution in [0.15, 0.2) is 48.5 Å². The fourth-order valence-electron chi connectivity index (χ4n) is 4.03. The van der Waals surface area contributed by atoms with Gasteiger partial charge in [0.2, 0.25) is 12.7 Å². The first-order valence-corrected chi connectivity index (χ1v) is 10.7. The highest BCUT2D eigenvalue weighted by Gasteiger charge is 2.48. The Bertz CT molecular complexity index is 1030. The third-order valence-corrected chi connectivity index (χ3v) is 5.76. The molecule has 8 heteroatoms. The molecule has 0 aliphatic carbocycles. The number of amides is 4. The van der Waals surface area contributed by atoms with E-state index in [0.29, 0.717) is 11.5 Å². The lowest BCUT2D eigenvalue weighted by Crippen LogP contribution is -2.47. The smallest absolute Gasteiger partial charge is 0.325 e. The van der Waals surface area contributed by atoms with E-state index >= 15 is 0 Å². The lowest BCUT2D eigenvalue weighted by Gasteiger charge is -2.22. The Morgan fingerprint density at radius 3 is 2.66 bits per heavy atom. The molecule has 2 N–H and O–H groups in total. The third kappa shape index (κ3) is 4.69. The molecule has 8 nitrogen and oxygen atoms in total. The van der Waals surface area contributed by atoms with E-state index in [-0.39, 0.29) is 31.7 Å². The number of hydrogen-bond acceptors (Lipinski definition) is 5. The summed E-state index contributed by atoms with van der Waals surface area (Å²) in [6.45, 7) is 3.43. The van der Waals surface area contributed by atoms with E-state index in [0.717, 1.165) is 23.3 Å². The summed E-state index contributed by atoms with van der Waals surface area (Å²) in [5, 5.41) is 5.62. The number of hydrogen-bond donors (Lipinski definition) is 2. The van der Waals surface area contributed by atoms with E-state index in [1.165, 1.54) is 5.56 Å². The normalized spacial score (nSPS) is 20.2. The minimum absolute atomic E-state index is 0.0801. The molecule has 2 aliphatic heterocycles. The highest BCUT2D eigenvalue weighted by molar-refractivity contribution is 6.09. The number of nitrogens with one attached hydrogen (secondary N) is 2. The van der Waals surface area contributed by atoms with Gasteiger partial charge in [-0.15, -0.1) is 0 Å². The van der Waals surface area contributed by atoms with Crippen molar-refractivity contribution < 1.29 is 23.9 Å². The minimum atomic E-state index is -1.13. The van der Waals surface area contributed by atoms with Crippen molar-refractivity contribution in [1.82, 2.24) is 15.5 Å². The summed E-state index contributed by atoms with van der Waals surface area (Å²) in [7, 11) is 0. The fraction of sp³-hybridized carbons (Fsp3) is 0.375. The maximum Gasteiger partial charge on any atom is 0.325 e. The second-order valence-electron chi connectivity index (χ2n) is 8.51. The zero-order valence-electron chi connectivity index (χ0n) is 18.2. The number of benzene rings is 2. The van der Waals surface area contributed by atoms with Crippen LogP contribution < -0.4 is 20.1 Å². The number of fused-ring (bicyclic) bond motifs is 1. The van der Waals surface area contributed by atoms with Crippen LogP contribution in [-0.4, -0.2) is 47.7 Å². The molecule has 2 aromatic rings. The maximum absolute atomic E-state index is 13.0. The highest BCUT2D eigenvalue weighted by Crippen LogP contribution is 2.34. The van der Waals surface area contributed by atoms with Gasteiger partial charge < -0.3 is 20.1 Å². The number of nitrogens with zero attached hydrogens (tertiary/aromatic N) is 1. The molecule has 0 unspecified atom stereocenters. The van der Waals surface area contributed by atoms with Gasteiger partial charge in [-0.2, -0.15) is 0 Å². The van der Waals surface area contributed by atoms with Crippen molar-refractivity contribution in [2.75, 3.05) is 13.3 Å². The average Bonchev–Trinajstić information content (AvgIpc) is 3.31. The molecule has 2 heterocycles. The van der Waals surface area contributed by atoms with Crippen LogP contribution in [0.1, 0.15) is 31.4 Å². The first kappa shape index (κ1) is 21.7. The van der Waals surface area contributed by atoms with E-state index in [4.69, 9.17) is 9.47 Å². The van der Waals surface area contributed by atoms with Crippen LogP contribution in [0.2, 0.25) is 0 Å². The van der Waals surface area contributed by atoms with Crippen LogP contribution in [0, 0.1) is 0 Å². The Kier molecular flexibility index (Phi) is 6.03. The molecule has 2 aliphatic rings. The van der Waals surface area contributed by atoms with Crippen LogP contribution in [0.25, 0.3) is 0 Å². The van der Waals surface area contributed by atoms with Crippen LogP contribution in [-0.2, 0) is 22.4 Å². The number of rotatable bonds is 8. The van der Waals surface area contributed by atoms with Gasteiger partial charge in [-0.25, -0.2) is 4.79 Å². The summed E-state index contributed by atoms with van der Waals surface area (Å²) < 4.78 is 10.7. The Labute approximate surface area is 186 Å². The Balaban J connectivity index is 1.32. The molecular formula is C24H27N3O5. The van der Waals surface area contributed by atoms with Gasteiger partial charge in [-0.05, 0) is 49.9 Å². The number of carbonyl (C=O) groups excluding carboxylic acids is 3. The number of carbonyl (C=O) groups is 3. The summed E-state index contributed by atoms with van der Waals surface area (Å²) in [4.78, 5) is 39.0. The van der Waals surface area contributed by atoms with Gasteiger partial charge in [0.05, 0.1) is 0 Å². The molecule has 1 fully saturated rings. The van der Waals surface area contributed by atoms with Gasteiger partial charge in [0.25, 0.3) is 5.91 Å². The molecule has 168 valence electrons. The SMILES string of the molecule is C[C@@H](CCc1ccccc1)NC(=O)CN1C(=O)N[C@@](C)(Cc2ccc3c(c2)OCO3)C1=O. The minimum Gasteiger partial charge on any atom is -0.454 e. The Hall–Kier alpha value is -3.55. The molecule has 0 radical (unpaired) electrons. The van der Waals surface area contributed by atoms with Crippen molar-refractivity contribution in [1.29, 1.82) is 0 Å². The van der Waals surface area contributed by atoms with Crippen molar-refractivity contribution in [3.63, 3.8) is 0 Å². The monoisotopic (exact) mass is 437 g/mol. The highest BCUT2D eigenvalue weighted by atomic mass is 16.7. The van der Waals surface area contributed by atoms with Crippen LogP contribution >= 0.6 is 0 Å². The molecule has 32 heavy (non-hydrogen) atoms. The Morgan fingerprint density at radius 2 is 1.88 bits per heavy atom. The number of urea groups is 1. The van der Waals surface area contributed by atoms with Gasteiger partial charge in [-0.1, -0.05) is 36.4 Å². The van der Waals surface area contributed by atoms with Crippen LogP contribution in [0.3, 0.4) is 0 Å². The van der Waals surface area contributed by atoms with Crippen molar-refractivity contribution >= 4 is 17.8 Å². The standard InChI is InChI=1S/C24H27N3O5/c1-16(8-9-17-6-4-3-5-7-17)25-21(28)14-27-22(29)24(2,26-23(27)30)13-18-10-11-19-20(12-18)32-15-31-19/h3-7,10-12,16H,8-9,13-15H2,1-2H3,(H,25,28)(H,26,30)/t16-,24-/m0/s1. The second kappa shape index (κ2) is 8.90. The molecule has 1 saturated heterocycles. The van der Waals surface area contributed by atoms with Crippen LogP contribution in [0.5, 0.6) is 11.5 Å². The van der Waals surface area contributed by atoms with Crippen molar-refractivity contribution in [3.8, 4) is 11.5 Å².